The Bertz CT molecular complexity index is 2530. The molecule has 1 heterocycles. The van der Waals surface area contributed by atoms with Crippen molar-refractivity contribution in [3.05, 3.63) is 188 Å². The summed E-state index contributed by atoms with van der Waals surface area (Å²) in [6.07, 6.45) is 0. The zero-order valence-corrected chi connectivity index (χ0v) is 27.1. The van der Waals surface area contributed by atoms with Gasteiger partial charge in [-0.3, -0.25) is 0 Å². The Kier molecular flexibility index (Phi) is 7.07. The maximum Gasteiger partial charge on any atom is 0.0540 e. The van der Waals surface area contributed by atoms with E-state index in [0.717, 1.165) is 17.1 Å². The van der Waals surface area contributed by atoms with Crippen LogP contribution in [0.4, 0.5) is 17.1 Å². The first-order valence-corrected chi connectivity index (χ1v) is 17.2. The third-order valence-electron chi connectivity index (χ3n) is 9.27. The molecule has 0 aliphatic heterocycles. The second-order valence-corrected chi connectivity index (χ2v) is 13.2. The Morgan fingerprint density at radius 2 is 0.917 bits per heavy atom. The molecule has 0 amide bonds. The van der Waals surface area contributed by atoms with Gasteiger partial charge in [0, 0.05) is 42.7 Å². The number of thiophene rings is 1. The molecule has 1 nitrogen and oxygen atoms in total. The van der Waals surface area contributed by atoms with Crippen LogP contribution in [0, 0.1) is 0 Å². The predicted octanol–water partition coefficient (Wildman–Crippen LogP) is 13.7. The van der Waals surface area contributed by atoms with Gasteiger partial charge in [0.25, 0.3) is 0 Å². The number of hydrogen-bond acceptors (Lipinski definition) is 2. The fourth-order valence-corrected chi connectivity index (χ4v) is 8.24. The fourth-order valence-electron chi connectivity index (χ4n) is 6.98. The van der Waals surface area contributed by atoms with E-state index < -0.39 is 0 Å². The van der Waals surface area contributed by atoms with Crippen LogP contribution in [0.3, 0.4) is 0 Å². The van der Waals surface area contributed by atoms with Crippen molar-refractivity contribution >= 4 is 59.3 Å². The van der Waals surface area contributed by atoms with Gasteiger partial charge in [-0.25, -0.2) is 0 Å². The molecule has 0 aliphatic carbocycles. The van der Waals surface area contributed by atoms with Crippen LogP contribution in [-0.2, 0) is 0 Å². The summed E-state index contributed by atoms with van der Waals surface area (Å²) in [5, 5.41) is 5.20. The van der Waals surface area contributed by atoms with Crippen LogP contribution in [0.2, 0.25) is 0 Å². The summed E-state index contributed by atoms with van der Waals surface area (Å²) in [6, 6.07) is 68.0. The molecule has 9 rings (SSSR count). The molecular formula is C46H31NS. The second-order valence-electron chi connectivity index (χ2n) is 12.1. The summed E-state index contributed by atoms with van der Waals surface area (Å²) < 4.78 is 2.66. The van der Waals surface area contributed by atoms with Crippen molar-refractivity contribution in [2.45, 2.75) is 0 Å². The zero-order chi connectivity index (χ0) is 31.9. The molecule has 0 saturated carbocycles. The third-order valence-corrected chi connectivity index (χ3v) is 10.5. The second kappa shape index (κ2) is 12.0. The summed E-state index contributed by atoms with van der Waals surface area (Å²) in [7, 11) is 0. The van der Waals surface area contributed by atoms with Crippen molar-refractivity contribution in [2.24, 2.45) is 0 Å². The number of nitrogens with zero attached hydrogens (tertiary/aromatic N) is 1. The van der Waals surface area contributed by atoms with Crippen LogP contribution in [0.25, 0.3) is 64.3 Å². The molecule has 8 aromatic carbocycles. The van der Waals surface area contributed by atoms with Crippen molar-refractivity contribution in [1.29, 1.82) is 0 Å². The maximum atomic E-state index is 2.39. The number of benzene rings is 8. The van der Waals surface area contributed by atoms with E-state index in [-0.39, 0.29) is 0 Å². The average Bonchev–Trinajstić information content (AvgIpc) is 3.53. The van der Waals surface area contributed by atoms with Gasteiger partial charge in [-0.1, -0.05) is 146 Å². The highest BCUT2D eigenvalue weighted by atomic mass is 32.1. The minimum atomic E-state index is 1.11. The molecule has 1 aromatic heterocycles. The first kappa shape index (κ1) is 28.3. The molecule has 0 atom stereocenters. The molecule has 9 aromatic rings. The lowest BCUT2D eigenvalue weighted by molar-refractivity contribution is 1.28. The van der Waals surface area contributed by atoms with Crippen molar-refractivity contribution in [1.82, 2.24) is 0 Å². The van der Waals surface area contributed by atoms with E-state index in [0.29, 0.717) is 0 Å². The summed E-state index contributed by atoms with van der Waals surface area (Å²) in [4.78, 5) is 2.39. The number of para-hydroxylation sites is 1. The minimum Gasteiger partial charge on any atom is -0.310 e. The van der Waals surface area contributed by atoms with Crippen molar-refractivity contribution in [3.63, 3.8) is 0 Å². The van der Waals surface area contributed by atoms with E-state index in [1.165, 1.54) is 64.3 Å². The largest absolute Gasteiger partial charge is 0.310 e. The maximum absolute atomic E-state index is 2.39. The standard InChI is InChI=1S/C46H31NS/c1-3-13-32(14-4-1)33-23-27-37(28-24-33)47(43-21-11-9-18-39(43)34-15-5-2-6-16-34)38-29-25-35(26-30-38)45-40-19-8-7-17-36(40)31-42-41-20-10-12-22-44(41)48-46(42)45/h1-31H. The molecule has 0 fully saturated rings. The lowest BCUT2D eigenvalue weighted by Crippen LogP contribution is -2.11. The normalized spacial score (nSPS) is 11.3. The molecule has 226 valence electrons. The summed E-state index contributed by atoms with van der Waals surface area (Å²) >= 11 is 1.89. The quantitative estimate of drug-likeness (QED) is 0.177. The van der Waals surface area contributed by atoms with Crippen LogP contribution in [-0.4, -0.2) is 0 Å². The molecular weight excluding hydrogens is 599 g/mol. The molecule has 0 radical (unpaired) electrons. The lowest BCUT2D eigenvalue weighted by atomic mass is 9.95. The van der Waals surface area contributed by atoms with E-state index >= 15 is 0 Å². The Balaban J connectivity index is 1.21. The Labute approximate surface area is 284 Å². The van der Waals surface area contributed by atoms with Gasteiger partial charge in [0.05, 0.1) is 5.69 Å². The highest BCUT2D eigenvalue weighted by molar-refractivity contribution is 7.26. The highest BCUT2D eigenvalue weighted by Crippen LogP contribution is 2.46. The fraction of sp³-hybridized carbons (Fsp3) is 0. The van der Waals surface area contributed by atoms with Gasteiger partial charge in [0.15, 0.2) is 0 Å². The van der Waals surface area contributed by atoms with E-state index in [1.54, 1.807) is 0 Å². The van der Waals surface area contributed by atoms with Crippen LogP contribution < -0.4 is 4.90 Å². The molecule has 48 heavy (non-hydrogen) atoms. The van der Waals surface area contributed by atoms with Gasteiger partial charge in [-0.15, -0.1) is 11.3 Å². The summed E-state index contributed by atoms with van der Waals surface area (Å²) in [5.74, 6) is 0. The van der Waals surface area contributed by atoms with Gasteiger partial charge in [-0.2, -0.15) is 0 Å². The van der Waals surface area contributed by atoms with Crippen molar-refractivity contribution < 1.29 is 0 Å². The van der Waals surface area contributed by atoms with E-state index in [9.17, 15) is 0 Å². The minimum absolute atomic E-state index is 1.11. The van der Waals surface area contributed by atoms with Crippen LogP contribution >= 0.6 is 11.3 Å². The van der Waals surface area contributed by atoms with Crippen LogP contribution in [0.5, 0.6) is 0 Å². The molecule has 0 N–H and O–H groups in total. The highest BCUT2D eigenvalue weighted by Gasteiger charge is 2.19. The monoisotopic (exact) mass is 629 g/mol. The van der Waals surface area contributed by atoms with Gasteiger partial charge in [0.2, 0.25) is 0 Å². The van der Waals surface area contributed by atoms with Gasteiger partial charge in [-0.05, 0) is 75.5 Å². The molecule has 0 bridgehead atoms. The number of fused-ring (bicyclic) bond motifs is 4. The number of anilines is 3. The van der Waals surface area contributed by atoms with Gasteiger partial charge in [0.1, 0.15) is 0 Å². The van der Waals surface area contributed by atoms with Crippen molar-refractivity contribution in [3.8, 4) is 33.4 Å². The Hall–Kier alpha value is -5.96. The number of hydrogen-bond donors (Lipinski definition) is 0. The SMILES string of the molecule is c1ccc(-c2ccc(N(c3ccc(-c4c5ccccc5cc5c4sc4ccccc45)cc3)c3ccccc3-c3ccccc3)cc2)cc1. The molecule has 0 saturated heterocycles. The third kappa shape index (κ3) is 4.95. The van der Waals surface area contributed by atoms with E-state index in [1.807, 2.05) is 11.3 Å². The lowest BCUT2D eigenvalue weighted by Gasteiger charge is -2.28. The molecule has 2 heteroatoms. The summed E-state index contributed by atoms with van der Waals surface area (Å²) in [5.41, 5.74) is 10.7. The van der Waals surface area contributed by atoms with Crippen LogP contribution in [0.15, 0.2) is 188 Å². The van der Waals surface area contributed by atoms with E-state index in [4.69, 9.17) is 0 Å². The zero-order valence-electron chi connectivity index (χ0n) is 26.3. The topological polar surface area (TPSA) is 3.24 Å². The molecule has 0 unspecified atom stereocenters. The van der Waals surface area contributed by atoms with Crippen molar-refractivity contribution in [2.75, 3.05) is 4.90 Å². The predicted molar refractivity (Wildman–Crippen MR) is 208 cm³/mol. The van der Waals surface area contributed by atoms with Crippen LogP contribution in [0.1, 0.15) is 0 Å². The molecule has 0 aliphatic rings. The van der Waals surface area contributed by atoms with Gasteiger partial charge < -0.3 is 4.90 Å². The first-order chi connectivity index (χ1) is 23.8. The van der Waals surface area contributed by atoms with E-state index in [2.05, 4.69) is 193 Å². The number of rotatable bonds is 6. The first-order valence-electron chi connectivity index (χ1n) is 16.4. The Morgan fingerprint density at radius 1 is 0.375 bits per heavy atom. The average molecular weight is 630 g/mol. The molecule has 0 spiro atoms. The van der Waals surface area contributed by atoms with Gasteiger partial charge >= 0.3 is 0 Å². The summed E-state index contributed by atoms with van der Waals surface area (Å²) in [6.45, 7) is 0. The Morgan fingerprint density at radius 3 is 1.65 bits per heavy atom. The smallest absolute Gasteiger partial charge is 0.0540 e.